The van der Waals surface area contributed by atoms with Gasteiger partial charge in [-0.2, -0.15) is 0 Å². The normalized spacial score (nSPS) is 13.5. The van der Waals surface area contributed by atoms with Crippen molar-refractivity contribution >= 4 is 37.4 Å². The molecule has 43 heavy (non-hydrogen) atoms. The summed E-state index contributed by atoms with van der Waals surface area (Å²) < 4.78 is 0. The second-order valence-corrected chi connectivity index (χ2v) is 18.0. The van der Waals surface area contributed by atoms with Gasteiger partial charge in [-0.3, -0.25) is 4.79 Å². The van der Waals surface area contributed by atoms with Crippen molar-refractivity contribution in [2.75, 3.05) is 6.54 Å². The van der Waals surface area contributed by atoms with Gasteiger partial charge in [-0.05, 0) is 91.2 Å². The van der Waals surface area contributed by atoms with Crippen molar-refractivity contribution in [1.82, 2.24) is 10.6 Å². The van der Waals surface area contributed by atoms with Gasteiger partial charge < -0.3 is 25.6 Å². The highest BCUT2D eigenvalue weighted by atomic mass is 35.5. The first-order valence-corrected chi connectivity index (χ1v) is 18.6. The summed E-state index contributed by atoms with van der Waals surface area (Å²) >= 11 is 12.4. The van der Waals surface area contributed by atoms with Gasteiger partial charge in [-0.25, -0.2) is 0 Å². The van der Waals surface area contributed by atoms with Crippen LogP contribution in [0.2, 0.25) is 28.2 Å². The fourth-order valence-corrected chi connectivity index (χ4v) is 6.35. The number of halogens is 2. The van der Waals surface area contributed by atoms with Crippen molar-refractivity contribution in [3.05, 3.63) is 98.5 Å². The van der Waals surface area contributed by atoms with Gasteiger partial charge in [0.1, 0.15) is 5.75 Å². The minimum atomic E-state index is -2.45. The monoisotopic (exact) mass is 644 g/mol. The van der Waals surface area contributed by atoms with Crippen LogP contribution in [0.25, 0.3) is 0 Å². The minimum absolute atomic E-state index is 0.0573. The highest BCUT2D eigenvalue weighted by Gasteiger charge is 2.40. The molecule has 3 rings (SSSR count). The van der Waals surface area contributed by atoms with Crippen LogP contribution in [0.15, 0.2) is 60.7 Å². The lowest BCUT2D eigenvalue weighted by Gasteiger charge is -2.38. The fraction of sp³-hybridized carbons (Fsp3) is 0.441. The molecule has 6 nitrogen and oxygen atoms in total. The molecule has 2 atom stereocenters. The molecule has 3 aromatic carbocycles. The van der Waals surface area contributed by atoms with E-state index >= 15 is 0 Å². The number of aliphatic hydroxyl groups is 1. The SMILES string of the molecule is C[C@H](Cc1cccc(CCC(=O)NCc2c(Cl)cccc2Cl)c1)NC[C@H](CC(C)(C)[Si](C)(C)O)c1ccc(O)c(CO)c1. The second kappa shape index (κ2) is 15.6. The molecule has 0 spiro atoms. The summed E-state index contributed by atoms with van der Waals surface area (Å²) in [6, 6.07) is 19.2. The fourth-order valence-electron chi connectivity index (χ4n) is 5.08. The van der Waals surface area contributed by atoms with Crippen molar-refractivity contribution in [2.45, 2.75) is 89.7 Å². The van der Waals surface area contributed by atoms with Crippen LogP contribution in [0.4, 0.5) is 0 Å². The predicted molar refractivity (Wildman–Crippen MR) is 179 cm³/mol. The largest absolute Gasteiger partial charge is 0.508 e. The number of hydrogen-bond acceptors (Lipinski definition) is 5. The smallest absolute Gasteiger partial charge is 0.220 e. The van der Waals surface area contributed by atoms with Crippen LogP contribution in [0.5, 0.6) is 5.75 Å². The van der Waals surface area contributed by atoms with Gasteiger partial charge in [0.15, 0.2) is 8.32 Å². The zero-order chi connectivity index (χ0) is 31.8. The topological polar surface area (TPSA) is 102 Å². The average Bonchev–Trinajstić information content (AvgIpc) is 2.93. The Morgan fingerprint density at radius 1 is 1.00 bits per heavy atom. The first kappa shape index (κ1) is 35.1. The third-order valence-electron chi connectivity index (χ3n) is 8.57. The minimum Gasteiger partial charge on any atom is -0.508 e. The first-order chi connectivity index (χ1) is 20.2. The maximum atomic E-state index is 12.5. The quantitative estimate of drug-likeness (QED) is 0.113. The molecule has 9 heteroatoms. The van der Waals surface area contributed by atoms with E-state index in [2.05, 4.69) is 43.5 Å². The predicted octanol–water partition coefficient (Wildman–Crippen LogP) is 7.11. The van der Waals surface area contributed by atoms with Gasteiger partial charge in [-0.15, -0.1) is 0 Å². The Morgan fingerprint density at radius 3 is 2.30 bits per heavy atom. The van der Waals surface area contributed by atoms with Crippen LogP contribution in [-0.2, 0) is 30.8 Å². The van der Waals surface area contributed by atoms with Gasteiger partial charge in [0.25, 0.3) is 0 Å². The Bertz CT molecular complexity index is 1360. The molecule has 0 aliphatic rings. The third-order valence-corrected chi connectivity index (χ3v) is 12.8. The van der Waals surface area contributed by atoms with E-state index in [4.69, 9.17) is 23.2 Å². The molecule has 0 aliphatic heterocycles. The van der Waals surface area contributed by atoms with Gasteiger partial charge >= 0.3 is 0 Å². The molecule has 0 saturated carbocycles. The van der Waals surface area contributed by atoms with E-state index in [1.165, 1.54) is 5.56 Å². The van der Waals surface area contributed by atoms with Crippen LogP contribution in [0.1, 0.15) is 67.3 Å². The molecule has 0 radical (unpaired) electrons. The number of rotatable bonds is 15. The highest BCUT2D eigenvalue weighted by molar-refractivity contribution is 6.72. The van der Waals surface area contributed by atoms with E-state index < -0.39 is 8.32 Å². The molecule has 5 N–H and O–H groups in total. The summed E-state index contributed by atoms with van der Waals surface area (Å²) in [5, 5.41) is 27.3. The Balaban J connectivity index is 1.59. The van der Waals surface area contributed by atoms with Gasteiger partial charge in [-0.1, -0.05) is 73.4 Å². The molecule has 0 heterocycles. The van der Waals surface area contributed by atoms with E-state index in [0.717, 1.165) is 29.5 Å². The van der Waals surface area contributed by atoms with Gasteiger partial charge in [0.2, 0.25) is 5.91 Å². The summed E-state index contributed by atoms with van der Waals surface area (Å²) in [6.45, 7) is 11.1. The van der Waals surface area contributed by atoms with E-state index in [9.17, 15) is 19.8 Å². The van der Waals surface area contributed by atoms with Crippen molar-refractivity contribution < 1.29 is 19.8 Å². The number of carbonyl (C=O) groups excluding carboxylic acids is 1. The van der Waals surface area contributed by atoms with Crippen LogP contribution in [-0.4, -0.2) is 41.8 Å². The third kappa shape index (κ3) is 10.3. The number of benzene rings is 3. The van der Waals surface area contributed by atoms with Crippen molar-refractivity contribution in [1.29, 1.82) is 0 Å². The Labute approximate surface area is 267 Å². The lowest BCUT2D eigenvalue weighted by Crippen LogP contribution is -2.41. The number of aryl methyl sites for hydroxylation is 1. The Hall–Kier alpha value is -2.39. The van der Waals surface area contributed by atoms with E-state index in [-0.39, 0.29) is 35.3 Å². The summed E-state index contributed by atoms with van der Waals surface area (Å²) in [7, 11) is -2.45. The van der Waals surface area contributed by atoms with Crippen LogP contribution < -0.4 is 10.6 Å². The molecule has 0 aromatic heterocycles. The first-order valence-electron chi connectivity index (χ1n) is 14.9. The maximum Gasteiger partial charge on any atom is 0.220 e. The summed E-state index contributed by atoms with van der Waals surface area (Å²) in [5.41, 5.74) is 4.55. The molecular weight excluding hydrogens is 599 g/mol. The number of aromatic hydroxyl groups is 1. The lowest BCUT2D eigenvalue weighted by atomic mass is 9.88. The summed E-state index contributed by atoms with van der Waals surface area (Å²) in [6.07, 6.45) is 2.59. The van der Waals surface area contributed by atoms with Crippen molar-refractivity contribution in [3.63, 3.8) is 0 Å². The van der Waals surface area contributed by atoms with Gasteiger partial charge in [0.05, 0.1) is 6.61 Å². The maximum absolute atomic E-state index is 12.5. The standard InChI is InChI=1S/C34H46Cl2N2O4Si/c1-23(37-20-28(19-34(2,3)43(4,5)42)26-13-14-32(40)27(18-26)22-39)16-25-9-6-8-24(17-25)12-15-33(41)38-21-29-30(35)10-7-11-31(29)36/h6-11,13-14,17-18,23,28,37,39-40,42H,12,15-16,19-22H2,1-5H3,(H,38,41)/t23-,28+/m1/s1. The molecule has 0 fully saturated rings. The van der Waals surface area contributed by atoms with Crippen molar-refractivity contribution in [3.8, 4) is 5.75 Å². The Morgan fingerprint density at radius 2 is 1.65 bits per heavy atom. The van der Waals surface area contributed by atoms with E-state index in [0.29, 0.717) is 41.5 Å². The zero-order valence-electron chi connectivity index (χ0n) is 25.9. The molecule has 0 aliphatic carbocycles. The van der Waals surface area contributed by atoms with Gasteiger partial charge in [0, 0.05) is 46.7 Å². The Kier molecular flexibility index (Phi) is 12.7. The number of phenols is 1. The summed E-state index contributed by atoms with van der Waals surface area (Å²) in [5.74, 6) is 0.121. The second-order valence-electron chi connectivity index (χ2n) is 12.7. The number of carbonyl (C=O) groups is 1. The molecule has 0 bridgehead atoms. The number of amides is 1. The number of nitrogens with one attached hydrogen (secondary N) is 2. The van der Waals surface area contributed by atoms with E-state index in [1.54, 1.807) is 24.3 Å². The molecule has 0 unspecified atom stereocenters. The summed E-state index contributed by atoms with van der Waals surface area (Å²) in [4.78, 5) is 23.5. The van der Waals surface area contributed by atoms with Crippen LogP contribution in [0, 0.1) is 0 Å². The average molecular weight is 646 g/mol. The molecular formula is C34H46Cl2N2O4Si. The number of aliphatic hydroxyl groups excluding tert-OH is 1. The molecule has 0 saturated heterocycles. The van der Waals surface area contributed by atoms with Crippen LogP contribution >= 0.6 is 23.2 Å². The molecule has 1 amide bonds. The van der Waals surface area contributed by atoms with Crippen molar-refractivity contribution in [2.24, 2.45) is 0 Å². The molecule has 234 valence electrons. The van der Waals surface area contributed by atoms with E-state index in [1.807, 2.05) is 37.4 Å². The number of hydrogen-bond donors (Lipinski definition) is 5. The lowest BCUT2D eigenvalue weighted by molar-refractivity contribution is -0.121. The van der Waals surface area contributed by atoms with Crippen LogP contribution in [0.3, 0.4) is 0 Å². The molecule has 3 aromatic rings. The zero-order valence-corrected chi connectivity index (χ0v) is 28.4. The highest BCUT2D eigenvalue weighted by Crippen LogP contribution is 2.44.